The molecule has 0 radical (unpaired) electrons. The SMILES string of the molecule is CCNC(=NCC(O)COc1ccc(F)cc1)N(C)Cc1ccc(OC)cc1. The molecule has 0 saturated heterocycles. The molecule has 152 valence electrons. The van der Waals surface area contributed by atoms with Crippen LogP contribution in [-0.4, -0.2) is 55.9 Å². The Morgan fingerprint density at radius 3 is 2.39 bits per heavy atom. The molecule has 0 saturated carbocycles. The van der Waals surface area contributed by atoms with Crippen LogP contribution in [0.25, 0.3) is 0 Å². The molecule has 2 aromatic carbocycles. The molecule has 2 rings (SSSR count). The lowest BCUT2D eigenvalue weighted by Gasteiger charge is -2.22. The van der Waals surface area contributed by atoms with Gasteiger partial charge in [0.1, 0.15) is 30.0 Å². The summed E-state index contributed by atoms with van der Waals surface area (Å²) in [5.41, 5.74) is 1.12. The molecule has 0 aromatic heterocycles. The largest absolute Gasteiger partial charge is 0.497 e. The second-order valence-electron chi connectivity index (χ2n) is 6.32. The topological polar surface area (TPSA) is 66.3 Å². The summed E-state index contributed by atoms with van der Waals surface area (Å²) in [6, 6.07) is 13.5. The van der Waals surface area contributed by atoms with E-state index in [1.807, 2.05) is 43.1 Å². The van der Waals surface area contributed by atoms with Crippen molar-refractivity contribution in [1.29, 1.82) is 0 Å². The lowest BCUT2D eigenvalue weighted by Crippen LogP contribution is -2.39. The maximum atomic E-state index is 12.9. The Morgan fingerprint density at radius 2 is 1.79 bits per heavy atom. The summed E-state index contributed by atoms with van der Waals surface area (Å²) in [7, 11) is 3.58. The van der Waals surface area contributed by atoms with Crippen LogP contribution < -0.4 is 14.8 Å². The molecule has 0 aliphatic heterocycles. The highest BCUT2D eigenvalue weighted by Gasteiger charge is 2.10. The highest BCUT2D eigenvalue weighted by molar-refractivity contribution is 5.79. The minimum atomic E-state index is -0.770. The maximum absolute atomic E-state index is 12.9. The number of rotatable bonds is 9. The third-order valence-electron chi connectivity index (χ3n) is 3.98. The van der Waals surface area contributed by atoms with Crippen LogP contribution >= 0.6 is 0 Å². The fourth-order valence-electron chi connectivity index (χ4n) is 2.52. The van der Waals surface area contributed by atoms with Crippen molar-refractivity contribution in [2.75, 3.05) is 33.9 Å². The van der Waals surface area contributed by atoms with Crippen molar-refractivity contribution in [2.24, 2.45) is 4.99 Å². The van der Waals surface area contributed by atoms with Crippen LogP contribution in [0.4, 0.5) is 4.39 Å². The number of guanidine groups is 1. The van der Waals surface area contributed by atoms with E-state index in [9.17, 15) is 9.50 Å². The maximum Gasteiger partial charge on any atom is 0.194 e. The monoisotopic (exact) mass is 389 g/mol. The first-order chi connectivity index (χ1) is 13.5. The summed E-state index contributed by atoms with van der Waals surface area (Å²) >= 11 is 0. The summed E-state index contributed by atoms with van der Waals surface area (Å²) in [5.74, 6) is 1.69. The van der Waals surface area contributed by atoms with E-state index < -0.39 is 6.10 Å². The molecular formula is C21H28FN3O3. The van der Waals surface area contributed by atoms with Gasteiger partial charge in [0.2, 0.25) is 0 Å². The first-order valence-corrected chi connectivity index (χ1v) is 9.20. The summed E-state index contributed by atoms with van der Waals surface area (Å²) in [6.45, 7) is 3.64. The van der Waals surface area contributed by atoms with Gasteiger partial charge in [-0.3, -0.25) is 4.99 Å². The lowest BCUT2D eigenvalue weighted by atomic mass is 10.2. The van der Waals surface area contributed by atoms with Crippen molar-refractivity contribution in [2.45, 2.75) is 19.6 Å². The zero-order valence-corrected chi connectivity index (χ0v) is 16.6. The van der Waals surface area contributed by atoms with Gasteiger partial charge in [-0.2, -0.15) is 0 Å². The van der Waals surface area contributed by atoms with E-state index >= 15 is 0 Å². The molecule has 0 aliphatic carbocycles. The van der Waals surface area contributed by atoms with E-state index in [0.29, 0.717) is 24.8 Å². The molecule has 1 unspecified atom stereocenters. The second kappa shape index (κ2) is 11.1. The van der Waals surface area contributed by atoms with E-state index in [2.05, 4.69) is 10.3 Å². The Bertz CT molecular complexity index is 736. The van der Waals surface area contributed by atoms with Crippen LogP contribution in [0.5, 0.6) is 11.5 Å². The normalized spacial score (nSPS) is 12.4. The van der Waals surface area contributed by atoms with Crippen molar-refractivity contribution in [1.82, 2.24) is 10.2 Å². The van der Waals surface area contributed by atoms with E-state index in [0.717, 1.165) is 11.3 Å². The first kappa shape index (κ1) is 21.5. The van der Waals surface area contributed by atoms with Crippen LogP contribution in [0.1, 0.15) is 12.5 Å². The Morgan fingerprint density at radius 1 is 1.14 bits per heavy atom. The predicted molar refractivity (Wildman–Crippen MR) is 108 cm³/mol. The Labute approximate surface area is 165 Å². The molecule has 6 nitrogen and oxygen atoms in total. The molecule has 1 atom stereocenters. The number of hydrogen-bond donors (Lipinski definition) is 2. The minimum Gasteiger partial charge on any atom is -0.497 e. The van der Waals surface area contributed by atoms with Crippen LogP contribution in [-0.2, 0) is 6.54 Å². The van der Waals surface area contributed by atoms with Gasteiger partial charge in [0, 0.05) is 20.1 Å². The number of aliphatic imine (C=N–C) groups is 1. The van der Waals surface area contributed by atoms with Crippen molar-refractivity contribution in [3.8, 4) is 11.5 Å². The third kappa shape index (κ3) is 7.08. The van der Waals surface area contributed by atoms with Gasteiger partial charge in [0.15, 0.2) is 5.96 Å². The molecule has 7 heteroatoms. The standard InChI is InChI=1S/C21H28FN3O3/c1-4-23-21(25(2)14-16-5-9-19(27-3)10-6-16)24-13-18(26)15-28-20-11-7-17(22)8-12-20/h5-12,18,26H,4,13-15H2,1-3H3,(H,23,24). The van der Waals surface area contributed by atoms with Crippen molar-refractivity contribution >= 4 is 5.96 Å². The minimum absolute atomic E-state index is 0.0801. The van der Waals surface area contributed by atoms with Crippen molar-refractivity contribution < 1.29 is 19.0 Å². The summed E-state index contributed by atoms with van der Waals surface area (Å²) in [4.78, 5) is 6.47. The number of nitrogens with one attached hydrogen (secondary N) is 1. The smallest absolute Gasteiger partial charge is 0.194 e. The quantitative estimate of drug-likeness (QED) is 0.510. The second-order valence-corrected chi connectivity index (χ2v) is 6.32. The number of nitrogens with zero attached hydrogens (tertiary/aromatic N) is 2. The number of aliphatic hydroxyl groups is 1. The van der Waals surface area contributed by atoms with Gasteiger partial charge in [-0.15, -0.1) is 0 Å². The van der Waals surface area contributed by atoms with Crippen LogP contribution in [0, 0.1) is 5.82 Å². The molecule has 28 heavy (non-hydrogen) atoms. The van der Waals surface area contributed by atoms with Gasteiger partial charge in [-0.25, -0.2) is 4.39 Å². The molecule has 0 spiro atoms. The predicted octanol–water partition coefficient (Wildman–Crippen LogP) is 2.67. The van der Waals surface area contributed by atoms with Crippen LogP contribution in [0.15, 0.2) is 53.5 Å². The molecule has 0 fully saturated rings. The number of benzene rings is 2. The molecule has 0 bridgehead atoms. The van der Waals surface area contributed by atoms with E-state index in [-0.39, 0.29) is 19.0 Å². The molecule has 0 heterocycles. The zero-order chi connectivity index (χ0) is 20.4. The molecule has 2 N–H and O–H groups in total. The highest BCUT2D eigenvalue weighted by Crippen LogP contribution is 2.13. The molecule has 2 aromatic rings. The highest BCUT2D eigenvalue weighted by atomic mass is 19.1. The van der Waals surface area contributed by atoms with Gasteiger partial charge in [0.25, 0.3) is 0 Å². The number of ether oxygens (including phenoxy) is 2. The Hall–Kier alpha value is -2.80. The fourth-order valence-corrected chi connectivity index (χ4v) is 2.52. The lowest BCUT2D eigenvalue weighted by molar-refractivity contribution is 0.114. The summed E-state index contributed by atoms with van der Waals surface area (Å²) in [5, 5.41) is 13.4. The summed E-state index contributed by atoms with van der Waals surface area (Å²) in [6.07, 6.45) is -0.770. The van der Waals surface area contributed by atoms with Gasteiger partial charge in [0.05, 0.1) is 13.7 Å². The Balaban J connectivity index is 1.89. The van der Waals surface area contributed by atoms with Gasteiger partial charge in [-0.05, 0) is 48.9 Å². The van der Waals surface area contributed by atoms with E-state index in [1.54, 1.807) is 7.11 Å². The van der Waals surface area contributed by atoms with Crippen molar-refractivity contribution in [3.05, 3.63) is 59.9 Å². The summed E-state index contributed by atoms with van der Waals surface area (Å²) < 4.78 is 23.5. The molecular weight excluding hydrogens is 361 g/mol. The van der Waals surface area contributed by atoms with Gasteiger partial charge >= 0.3 is 0 Å². The van der Waals surface area contributed by atoms with E-state index in [4.69, 9.17) is 9.47 Å². The van der Waals surface area contributed by atoms with Crippen LogP contribution in [0.2, 0.25) is 0 Å². The average molecular weight is 389 g/mol. The Kier molecular flexibility index (Phi) is 8.55. The molecule has 0 aliphatic rings. The van der Waals surface area contributed by atoms with Gasteiger partial charge < -0.3 is 24.8 Å². The number of aliphatic hydroxyl groups excluding tert-OH is 1. The van der Waals surface area contributed by atoms with Gasteiger partial charge in [-0.1, -0.05) is 12.1 Å². The fraction of sp³-hybridized carbons (Fsp3) is 0.381. The number of halogens is 1. The zero-order valence-electron chi connectivity index (χ0n) is 16.6. The number of hydrogen-bond acceptors (Lipinski definition) is 4. The first-order valence-electron chi connectivity index (χ1n) is 9.20. The van der Waals surface area contributed by atoms with Crippen molar-refractivity contribution in [3.63, 3.8) is 0 Å². The van der Waals surface area contributed by atoms with E-state index in [1.165, 1.54) is 24.3 Å². The molecule has 0 amide bonds. The number of methoxy groups -OCH3 is 1. The third-order valence-corrected chi connectivity index (χ3v) is 3.98. The average Bonchev–Trinajstić information content (AvgIpc) is 2.71. The van der Waals surface area contributed by atoms with Crippen LogP contribution in [0.3, 0.4) is 0 Å².